The first-order valence-electron chi connectivity index (χ1n) is 8.42. The quantitative estimate of drug-likeness (QED) is 0.722. The van der Waals surface area contributed by atoms with Crippen molar-refractivity contribution in [3.8, 4) is 0 Å². The molecular formula is C16H25N3O4. The number of carboxylic acid groups (broad SMARTS) is 1. The van der Waals surface area contributed by atoms with Gasteiger partial charge in [-0.05, 0) is 19.3 Å². The van der Waals surface area contributed by atoms with E-state index >= 15 is 0 Å². The minimum atomic E-state index is -0.870. The van der Waals surface area contributed by atoms with Crippen LogP contribution in [0.4, 0.5) is 0 Å². The molecule has 1 saturated carbocycles. The zero-order valence-electron chi connectivity index (χ0n) is 13.6. The fraction of sp³-hybridized carbons (Fsp3) is 0.750. The number of hydrogen-bond donors (Lipinski definition) is 2. The monoisotopic (exact) mass is 323 g/mol. The summed E-state index contributed by atoms with van der Waals surface area (Å²) in [5.41, 5.74) is 0. The molecule has 0 bridgehead atoms. The summed E-state index contributed by atoms with van der Waals surface area (Å²) >= 11 is 0. The minimum Gasteiger partial charge on any atom is -0.481 e. The minimum absolute atomic E-state index is 0.166. The number of carboxylic acids is 1. The smallest absolute Gasteiger partial charge is 0.308 e. The maximum absolute atomic E-state index is 11.8. The molecule has 2 N–H and O–H groups in total. The molecule has 0 radical (unpaired) electrons. The maximum Gasteiger partial charge on any atom is 0.308 e. The topological polar surface area (TPSA) is 105 Å². The predicted molar refractivity (Wildman–Crippen MR) is 82.9 cm³/mol. The van der Waals surface area contributed by atoms with E-state index in [2.05, 4.69) is 15.5 Å². The fourth-order valence-electron chi connectivity index (χ4n) is 2.93. The van der Waals surface area contributed by atoms with Gasteiger partial charge in [0.1, 0.15) is 0 Å². The van der Waals surface area contributed by atoms with Crippen LogP contribution in [0.2, 0.25) is 0 Å². The molecule has 1 aliphatic carbocycles. The summed E-state index contributed by atoms with van der Waals surface area (Å²) in [6.07, 6.45) is 6.57. The first-order chi connectivity index (χ1) is 11.1. The van der Waals surface area contributed by atoms with Crippen LogP contribution in [0.5, 0.6) is 0 Å². The van der Waals surface area contributed by atoms with E-state index in [0.29, 0.717) is 24.7 Å². The molecule has 1 heterocycles. The van der Waals surface area contributed by atoms with Crippen LogP contribution >= 0.6 is 0 Å². The van der Waals surface area contributed by atoms with Crippen LogP contribution in [-0.2, 0) is 16.0 Å². The van der Waals surface area contributed by atoms with Crippen molar-refractivity contribution in [3.63, 3.8) is 0 Å². The van der Waals surface area contributed by atoms with Gasteiger partial charge in [-0.3, -0.25) is 9.59 Å². The number of aryl methyl sites for hydroxylation is 1. The molecule has 1 fully saturated rings. The van der Waals surface area contributed by atoms with Crippen molar-refractivity contribution in [3.05, 3.63) is 11.7 Å². The standard InChI is InChI=1S/C16H25N3O4/c1-2-5-12(16(21)22)10-17-13(20)8-9-14-18-15(19-23-14)11-6-3-4-7-11/h11-12H,2-10H2,1H3,(H,17,20)(H,21,22). The number of hydrogen-bond acceptors (Lipinski definition) is 5. The lowest BCUT2D eigenvalue weighted by Crippen LogP contribution is -2.33. The third kappa shape index (κ3) is 5.33. The van der Waals surface area contributed by atoms with Crippen LogP contribution in [0, 0.1) is 5.92 Å². The van der Waals surface area contributed by atoms with E-state index < -0.39 is 11.9 Å². The van der Waals surface area contributed by atoms with Crippen molar-refractivity contribution in [1.82, 2.24) is 15.5 Å². The molecule has 1 aliphatic rings. The van der Waals surface area contributed by atoms with E-state index in [0.717, 1.165) is 25.1 Å². The first kappa shape index (κ1) is 17.4. The lowest BCUT2D eigenvalue weighted by Gasteiger charge is -2.11. The lowest BCUT2D eigenvalue weighted by molar-refractivity contribution is -0.141. The molecule has 0 saturated heterocycles. The summed E-state index contributed by atoms with van der Waals surface area (Å²) in [5, 5.41) is 15.7. The fourth-order valence-corrected chi connectivity index (χ4v) is 2.93. The zero-order valence-corrected chi connectivity index (χ0v) is 13.6. The van der Waals surface area contributed by atoms with E-state index in [-0.39, 0.29) is 18.9 Å². The Kier molecular flexibility index (Phi) is 6.55. The summed E-state index contributed by atoms with van der Waals surface area (Å²) in [7, 11) is 0. The van der Waals surface area contributed by atoms with E-state index in [1.165, 1.54) is 12.8 Å². The molecule has 1 amide bonds. The number of aliphatic carboxylic acids is 1. The average Bonchev–Trinajstić information content (AvgIpc) is 3.19. The molecule has 1 aromatic heterocycles. The van der Waals surface area contributed by atoms with Gasteiger partial charge in [-0.25, -0.2) is 0 Å². The normalized spacial score (nSPS) is 16.4. The molecule has 0 aromatic carbocycles. The van der Waals surface area contributed by atoms with Gasteiger partial charge in [-0.1, -0.05) is 31.3 Å². The SMILES string of the molecule is CCCC(CNC(=O)CCc1nc(C2CCCC2)no1)C(=O)O. The highest BCUT2D eigenvalue weighted by molar-refractivity contribution is 5.77. The summed E-state index contributed by atoms with van der Waals surface area (Å²) in [5.74, 6) is 0.0448. The van der Waals surface area contributed by atoms with E-state index in [1.54, 1.807) is 0 Å². The van der Waals surface area contributed by atoms with Gasteiger partial charge >= 0.3 is 5.97 Å². The lowest BCUT2D eigenvalue weighted by atomic mass is 10.0. The average molecular weight is 323 g/mol. The van der Waals surface area contributed by atoms with Gasteiger partial charge in [-0.2, -0.15) is 4.98 Å². The Bertz CT molecular complexity index is 523. The van der Waals surface area contributed by atoms with Crippen LogP contribution in [-0.4, -0.2) is 33.7 Å². The summed E-state index contributed by atoms with van der Waals surface area (Å²) < 4.78 is 5.19. The Balaban J connectivity index is 1.72. The van der Waals surface area contributed by atoms with Crippen molar-refractivity contribution in [2.75, 3.05) is 6.54 Å². The third-order valence-electron chi connectivity index (χ3n) is 4.30. The third-order valence-corrected chi connectivity index (χ3v) is 4.30. The van der Waals surface area contributed by atoms with Gasteiger partial charge in [0.15, 0.2) is 5.82 Å². The second-order valence-electron chi connectivity index (χ2n) is 6.16. The van der Waals surface area contributed by atoms with Gasteiger partial charge in [0, 0.05) is 25.3 Å². The number of carbonyl (C=O) groups is 2. The number of aromatic nitrogens is 2. The highest BCUT2D eigenvalue weighted by Gasteiger charge is 2.22. The number of nitrogens with zero attached hydrogens (tertiary/aromatic N) is 2. The van der Waals surface area contributed by atoms with Gasteiger partial charge in [0.05, 0.1) is 5.92 Å². The predicted octanol–water partition coefficient (Wildman–Crippen LogP) is 2.28. The highest BCUT2D eigenvalue weighted by Crippen LogP contribution is 2.32. The van der Waals surface area contributed by atoms with Crippen LogP contribution in [0.1, 0.15) is 69.5 Å². The van der Waals surface area contributed by atoms with Crippen LogP contribution < -0.4 is 5.32 Å². The van der Waals surface area contributed by atoms with Crippen LogP contribution in [0.15, 0.2) is 4.52 Å². The molecule has 1 aromatic rings. The molecule has 23 heavy (non-hydrogen) atoms. The van der Waals surface area contributed by atoms with Crippen LogP contribution in [0.3, 0.4) is 0 Å². The molecular weight excluding hydrogens is 298 g/mol. The van der Waals surface area contributed by atoms with Crippen molar-refractivity contribution in [2.45, 2.75) is 64.2 Å². The first-order valence-corrected chi connectivity index (χ1v) is 8.42. The van der Waals surface area contributed by atoms with E-state index in [4.69, 9.17) is 9.63 Å². The molecule has 0 spiro atoms. The van der Waals surface area contributed by atoms with Gasteiger partial charge in [0.25, 0.3) is 0 Å². The van der Waals surface area contributed by atoms with Gasteiger partial charge in [0.2, 0.25) is 11.8 Å². The Morgan fingerprint density at radius 2 is 2.13 bits per heavy atom. The largest absolute Gasteiger partial charge is 0.481 e. The van der Waals surface area contributed by atoms with Crippen molar-refractivity contribution >= 4 is 11.9 Å². The van der Waals surface area contributed by atoms with Crippen molar-refractivity contribution in [2.24, 2.45) is 5.92 Å². The van der Waals surface area contributed by atoms with E-state index in [1.807, 2.05) is 6.92 Å². The van der Waals surface area contributed by atoms with E-state index in [9.17, 15) is 9.59 Å². The Hall–Kier alpha value is -1.92. The molecule has 128 valence electrons. The molecule has 1 atom stereocenters. The second-order valence-corrected chi connectivity index (χ2v) is 6.16. The number of carbonyl (C=O) groups excluding carboxylic acids is 1. The Morgan fingerprint density at radius 3 is 2.78 bits per heavy atom. The second kappa shape index (κ2) is 8.64. The Labute approximate surface area is 135 Å². The zero-order chi connectivity index (χ0) is 16.7. The van der Waals surface area contributed by atoms with Crippen molar-refractivity contribution in [1.29, 1.82) is 0 Å². The molecule has 7 heteroatoms. The molecule has 2 rings (SSSR count). The summed E-state index contributed by atoms with van der Waals surface area (Å²) in [6, 6.07) is 0. The number of amides is 1. The Morgan fingerprint density at radius 1 is 1.39 bits per heavy atom. The van der Waals surface area contributed by atoms with Crippen molar-refractivity contribution < 1.29 is 19.2 Å². The van der Waals surface area contributed by atoms with Gasteiger partial charge < -0.3 is 14.9 Å². The number of rotatable bonds is 9. The molecule has 7 nitrogen and oxygen atoms in total. The summed E-state index contributed by atoms with van der Waals surface area (Å²) in [4.78, 5) is 27.2. The molecule has 0 aliphatic heterocycles. The van der Waals surface area contributed by atoms with Crippen LogP contribution in [0.25, 0.3) is 0 Å². The number of nitrogens with one attached hydrogen (secondary N) is 1. The summed E-state index contributed by atoms with van der Waals surface area (Å²) in [6.45, 7) is 2.09. The highest BCUT2D eigenvalue weighted by atomic mass is 16.5. The van der Waals surface area contributed by atoms with Gasteiger partial charge in [-0.15, -0.1) is 0 Å². The molecule has 1 unspecified atom stereocenters. The maximum atomic E-state index is 11.8.